The Bertz CT molecular complexity index is 221. The summed E-state index contributed by atoms with van der Waals surface area (Å²) >= 11 is 0. The van der Waals surface area contributed by atoms with Crippen LogP contribution in [-0.2, 0) is 4.79 Å². The summed E-state index contributed by atoms with van der Waals surface area (Å²) < 4.78 is 35.9. The highest BCUT2D eigenvalue weighted by Gasteiger charge is 2.39. The summed E-state index contributed by atoms with van der Waals surface area (Å²) in [6.45, 7) is 2.97. The van der Waals surface area contributed by atoms with Gasteiger partial charge in [0.1, 0.15) is 5.70 Å². The summed E-state index contributed by atoms with van der Waals surface area (Å²) in [4.78, 5) is 11.5. The van der Waals surface area contributed by atoms with Crippen LogP contribution in [0.5, 0.6) is 0 Å². The molecule has 0 aliphatic carbocycles. The number of hydrogen-bond donors (Lipinski definition) is 0. The molecular formula is C7H8F3NO. The summed E-state index contributed by atoms with van der Waals surface area (Å²) in [5, 5.41) is 0. The van der Waals surface area contributed by atoms with E-state index in [9.17, 15) is 18.0 Å². The molecule has 0 spiro atoms. The van der Waals surface area contributed by atoms with Crippen LogP contribution in [0.25, 0.3) is 0 Å². The van der Waals surface area contributed by atoms with E-state index in [1.54, 1.807) is 0 Å². The Labute approximate surface area is 67.7 Å². The van der Waals surface area contributed by atoms with E-state index in [1.165, 1.54) is 0 Å². The molecule has 68 valence electrons. The van der Waals surface area contributed by atoms with E-state index in [2.05, 4.69) is 6.58 Å². The molecule has 12 heavy (non-hydrogen) atoms. The van der Waals surface area contributed by atoms with Crippen molar-refractivity contribution in [2.45, 2.75) is 19.0 Å². The van der Waals surface area contributed by atoms with Crippen LogP contribution in [-0.4, -0.2) is 23.5 Å². The van der Waals surface area contributed by atoms with E-state index in [0.29, 0.717) is 11.3 Å². The van der Waals surface area contributed by atoms with E-state index < -0.39 is 17.8 Å². The highest BCUT2D eigenvalue weighted by molar-refractivity contribution is 5.80. The summed E-state index contributed by atoms with van der Waals surface area (Å²) in [5.74, 6) is -0.489. The van der Waals surface area contributed by atoms with Gasteiger partial charge in [-0.15, -0.1) is 0 Å². The first kappa shape index (κ1) is 9.09. The molecule has 5 heteroatoms. The Balaban J connectivity index is 2.71. The number of carbonyl (C=O) groups is 1. The Hall–Kier alpha value is -1.00. The first-order valence-corrected chi connectivity index (χ1v) is 3.49. The summed E-state index contributed by atoms with van der Waals surface area (Å²) in [6.07, 6.45) is -3.82. The molecule has 0 unspecified atom stereocenters. The molecule has 1 rings (SSSR count). The van der Waals surface area contributed by atoms with Crippen molar-refractivity contribution in [3.63, 3.8) is 0 Å². The van der Waals surface area contributed by atoms with Gasteiger partial charge in [-0.2, -0.15) is 13.2 Å². The highest BCUT2D eigenvalue weighted by Crippen LogP contribution is 2.29. The zero-order valence-electron chi connectivity index (χ0n) is 6.32. The Morgan fingerprint density at radius 2 is 2.08 bits per heavy atom. The van der Waals surface area contributed by atoms with Crippen LogP contribution in [0.1, 0.15) is 12.8 Å². The summed E-state index contributed by atoms with van der Waals surface area (Å²) in [5.41, 5.74) is -1.05. The first-order valence-electron chi connectivity index (χ1n) is 3.49. The lowest BCUT2D eigenvalue weighted by Crippen LogP contribution is -2.31. The minimum atomic E-state index is -4.49. The van der Waals surface area contributed by atoms with Crippen LogP contribution < -0.4 is 0 Å². The van der Waals surface area contributed by atoms with E-state index in [-0.39, 0.29) is 13.0 Å². The largest absolute Gasteiger partial charge is 0.430 e. The fourth-order valence-electron chi connectivity index (χ4n) is 1.09. The second kappa shape index (κ2) is 2.80. The summed E-state index contributed by atoms with van der Waals surface area (Å²) in [7, 11) is 0. The molecule has 0 atom stereocenters. The molecule has 1 aliphatic rings. The van der Waals surface area contributed by atoms with Crippen molar-refractivity contribution < 1.29 is 18.0 Å². The number of likely N-dealkylation sites (tertiary alicyclic amines) is 1. The number of allylic oxidation sites excluding steroid dienone is 1. The van der Waals surface area contributed by atoms with Crippen LogP contribution in [0.2, 0.25) is 0 Å². The molecule has 1 aliphatic heterocycles. The van der Waals surface area contributed by atoms with Crippen molar-refractivity contribution in [2.75, 3.05) is 6.54 Å². The molecule has 0 aromatic heterocycles. The minimum absolute atomic E-state index is 0.136. The molecule has 0 N–H and O–H groups in total. The SMILES string of the molecule is C=C(N1CCCC1=O)C(F)(F)F. The molecule has 1 amide bonds. The van der Waals surface area contributed by atoms with Gasteiger partial charge in [0, 0.05) is 13.0 Å². The maximum atomic E-state index is 12.0. The zero-order valence-corrected chi connectivity index (χ0v) is 6.32. The predicted molar refractivity (Wildman–Crippen MR) is 36.1 cm³/mol. The van der Waals surface area contributed by atoms with Gasteiger partial charge in [-0.25, -0.2) is 0 Å². The lowest BCUT2D eigenvalue weighted by molar-refractivity contribution is -0.138. The maximum Gasteiger partial charge on any atom is 0.430 e. The Morgan fingerprint density at radius 3 is 2.42 bits per heavy atom. The molecule has 2 nitrogen and oxygen atoms in total. The van der Waals surface area contributed by atoms with Crippen molar-refractivity contribution >= 4 is 5.91 Å². The van der Waals surface area contributed by atoms with Gasteiger partial charge in [0.25, 0.3) is 0 Å². The Kier molecular flexibility index (Phi) is 2.12. The number of hydrogen-bond acceptors (Lipinski definition) is 1. The lowest BCUT2D eigenvalue weighted by atomic mass is 10.4. The van der Waals surface area contributed by atoms with Crippen LogP contribution in [0.4, 0.5) is 13.2 Å². The second-order valence-electron chi connectivity index (χ2n) is 2.59. The van der Waals surface area contributed by atoms with Crippen molar-refractivity contribution in [2.24, 2.45) is 0 Å². The molecule has 0 bridgehead atoms. The van der Waals surface area contributed by atoms with Crippen molar-refractivity contribution in [3.05, 3.63) is 12.3 Å². The monoisotopic (exact) mass is 179 g/mol. The number of carbonyl (C=O) groups excluding carboxylic acids is 1. The fraction of sp³-hybridized carbons (Fsp3) is 0.571. The number of nitrogens with zero attached hydrogens (tertiary/aromatic N) is 1. The van der Waals surface area contributed by atoms with Gasteiger partial charge in [-0.1, -0.05) is 6.58 Å². The third-order valence-corrected chi connectivity index (χ3v) is 1.73. The molecule has 1 heterocycles. The summed E-state index contributed by atoms with van der Waals surface area (Å²) in [6, 6.07) is 0. The third kappa shape index (κ3) is 1.60. The van der Waals surface area contributed by atoms with E-state index in [0.717, 1.165) is 0 Å². The number of alkyl halides is 3. The standard InChI is InChI=1S/C7H8F3NO/c1-5(7(8,9)10)11-4-2-3-6(11)12/h1-4H2. The van der Waals surface area contributed by atoms with Crippen LogP contribution in [0, 0.1) is 0 Å². The van der Waals surface area contributed by atoms with Gasteiger partial charge < -0.3 is 4.90 Å². The van der Waals surface area contributed by atoms with Gasteiger partial charge in [-0.05, 0) is 6.42 Å². The van der Waals surface area contributed by atoms with Crippen molar-refractivity contribution in [3.8, 4) is 0 Å². The van der Waals surface area contributed by atoms with Crippen LogP contribution in [0.3, 0.4) is 0 Å². The van der Waals surface area contributed by atoms with Gasteiger partial charge in [0.15, 0.2) is 0 Å². The van der Waals surface area contributed by atoms with Crippen LogP contribution >= 0.6 is 0 Å². The van der Waals surface area contributed by atoms with Gasteiger partial charge >= 0.3 is 6.18 Å². The van der Waals surface area contributed by atoms with Gasteiger partial charge in [-0.3, -0.25) is 4.79 Å². The van der Waals surface area contributed by atoms with Crippen molar-refractivity contribution in [1.82, 2.24) is 4.90 Å². The fourth-order valence-corrected chi connectivity index (χ4v) is 1.09. The topological polar surface area (TPSA) is 20.3 Å². The van der Waals surface area contributed by atoms with E-state index >= 15 is 0 Å². The van der Waals surface area contributed by atoms with Gasteiger partial charge in [0.05, 0.1) is 0 Å². The maximum absolute atomic E-state index is 12.0. The predicted octanol–water partition coefficient (Wildman–Crippen LogP) is 1.68. The average molecular weight is 179 g/mol. The number of halogens is 3. The number of amides is 1. The zero-order chi connectivity index (χ0) is 9.35. The quantitative estimate of drug-likeness (QED) is 0.599. The smallest absolute Gasteiger partial charge is 0.309 e. The lowest BCUT2D eigenvalue weighted by Gasteiger charge is -2.20. The molecular weight excluding hydrogens is 171 g/mol. The molecule has 0 aromatic rings. The van der Waals surface area contributed by atoms with Crippen LogP contribution in [0.15, 0.2) is 12.3 Å². The molecule has 0 saturated carbocycles. The number of rotatable bonds is 1. The first-order chi connectivity index (χ1) is 5.43. The van der Waals surface area contributed by atoms with Gasteiger partial charge in [0.2, 0.25) is 5.91 Å². The normalized spacial score (nSPS) is 18.6. The minimum Gasteiger partial charge on any atom is -0.309 e. The Morgan fingerprint density at radius 1 is 1.50 bits per heavy atom. The highest BCUT2D eigenvalue weighted by atomic mass is 19.4. The van der Waals surface area contributed by atoms with E-state index in [1.807, 2.05) is 0 Å². The molecule has 1 saturated heterocycles. The molecule has 0 aromatic carbocycles. The average Bonchev–Trinajstić information content (AvgIpc) is 2.31. The third-order valence-electron chi connectivity index (χ3n) is 1.73. The molecule has 0 radical (unpaired) electrons. The van der Waals surface area contributed by atoms with Crippen molar-refractivity contribution in [1.29, 1.82) is 0 Å². The second-order valence-corrected chi connectivity index (χ2v) is 2.59. The van der Waals surface area contributed by atoms with E-state index in [4.69, 9.17) is 0 Å². The molecule has 1 fully saturated rings.